The van der Waals surface area contributed by atoms with E-state index in [-0.39, 0.29) is 36.6 Å². The first-order chi connectivity index (χ1) is 12.8. The van der Waals surface area contributed by atoms with Gasteiger partial charge in [0.05, 0.1) is 5.92 Å². The minimum absolute atomic E-state index is 0.0539. The molecule has 0 radical (unpaired) electrons. The Labute approximate surface area is 167 Å². The Morgan fingerprint density at radius 3 is 2.63 bits per heavy atom. The smallest absolute Gasteiger partial charge is 0.309 e. The van der Waals surface area contributed by atoms with E-state index in [0.717, 1.165) is 10.0 Å². The molecule has 27 heavy (non-hydrogen) atoms. The van der Waals surface area contributed by atoms with Crippen molar-refractivity contribution in [2.75, 3.05) is 13.1 Å². The highest BCUT2D eigenvalue weighted by molar-refractivity contribution is 9.10. The van der Waals surface area contributed by atoms with E-state index in [4.69, 9.17) is 4.74 Å². The van der Waals surface area contributed by atoms with E-state index in [1.54, 1.807) is 18.5 Å². The van der Waals surface area contributed by atoms with Crippen molar-refractivity contribution in [3.05, 3.63) is 46.3 Å². The molecule has 3 rings (SSSR count). The van der Waals surface area contributed by atoms with Crippen LogP contribution >= 0.6 is 15.9 Å². The number of nitrogens with zero attached hydrogens (tertiary/aromatic N) is 3. The van der Waals surface area contributed by atoms with Crippen molar-refractivity contribution in [3.8, 4) is 0 Å². The highest BCUT2D eigenvalue weighted by atomic mass is 79.9. The van der Waals surface area contributed by atoms with Crippen LogP contribution < -0.4 is 0 Å². The van der Waals surface area contributed by atoms with Crippen LogP contribution in [0.5, 0.6) is 0 Å². The maximum Gasteiger partial charge on any atom is 0.309 e. The van der Waals surface area contributed by atoms with Gasteiger partial charge < -0.3 is 9.30 Å². The Balaban J connectivity index is 1.55. The molecule has 1 aliphatic rings. The summed E-state index contributed by atoms with van der Waals surface area (Å²) in [6.07, 6.45) is 2.41. The minimum Gasteiger partial charge on any atom is -0.461 e. The molecule has 0 saturated carbocycles. The summed E-state index contributed by atoms with van der Waals surface area (Å²) in [4.78, 5) is 16.4. The van der Waals surface area contributed by atoms with Crippen molar-refractivity contribution in [2.24, 2.45) is 13.0 Å². The minimum atomic E-state index is -3.63. The van der Waals surface area contributed by atoms with Crippen LogP contribution in [0.15, 0.2) is 40.0 Å². The number of benzene rings is 1. The second-order valence-electron chi connectivity index (χ2n) is 6.65. The van der Waals surface area contributed by atoms with Crippen LogP contribution in [0.25, 0.3) is 0 Å². The Bertz CT molecular complexity index is 914. The van der Waals surface area contributed by atoms with Crippen LogP contribution in [-0.2, 0) is 33.2 Å². The molecule has 0 amide bonds. The van der Waals surface area contributed by atoms with E-state index in [9.17, 15) is 13.2 Å². The van der Waals surface area contributed by atoms with Crippen molar-refractivity contribution in [2.45, 2.75) is 31.4 Å². The number of aromatic nitrogens is 2. The third-order valence-electron chi connectivity index (χ3n) is 4.75. The zero-order valence-corrected chi connectivity index (χ0v) is 17.7. The molecule has 0 N–H and O–H groups in total. The van der Waals surface area contributed by atoms with Crippen LogP contribution in [0, 0.1) is 12.8 Å². The lowest BCUT2D eigenvalue weighted by atomic mass is 9.98. The fraction of sp³-hybridized carbons (Fsp3) is 0.444. The second-order valence-corrected chi connectivity index (χ2v) is 9.45. The van der Waals surface area contributed by atoms with Crippen LogP contribution in [-0.4, -0.2) is 41.3 Å². The first-order valence-corrected chi connectivity index (χ1v) is 10.9. The van der Waals surface area contributed by atoms with Crippen LogP contribution in [0.3, 0.4) is 0 Å². The first kappa shape index (κ1) is 20.0. The summed E-state index contributed by atoms with van der Waals surface area (Å²) in [6, 6.07) is 7.58. The fourth-order valence-corrected chi connectivity index (χ4v) is 4.96. The number of hydrogen-bond acceptors (Lipinski definition) is 5. The van der Waals surface area contributed by atoms with Gasteiger partial charge in [-0.25, -0.2) is 13.4 Å². The van der Waals surface area contributed by atoms with Gasteiger partial charge in [-0.2, -0.15) is 4.31 Å². The summed E-state index contributed by atoms with van der Waals surface area (Å²) in [5.74, 6) is 0.0781. The molecule has 0 aliphatic carbocycles. The number of halogens is 1. The highest BCUT2D eigenvalue weighted by Gasteiger charge is 2.34. The summed E-state index contributed by atoms with van der Waals surface area (Å²) in [5.41, 5.74) is 0.906. The van der Waals surface area contributed by atoms with Gasteiger partial charge in [0, 0.05) is 30.8 Å². The summed E-state index contributed by atoms with van der Waals surface area (Å²) in [5, 5.41) is 0.0539. The number of imidazole rings is 1. The lowest BCUT2D eigenvalue weighted by molar-refractivity contribution is -0.151. The van der Waals surface area contributed by atoms with Crippen molar-refractivity contribution in [1.82, 2.24) is 13.9 Å². The summed E-state index contributed by atoms with van der Waals surface area (Å²) in [7, 11) is -1.87. The lowest BCUT2D eigenvalue weighted by Gasteiger charge is -2.29. The number of carbonyl (C=O) groups excluding carboxylic acids is 1. The Morgan fingerprint density at radius 1 is 1.33 bits per heavy atom. The zero-order chi connectivity index (χ0) is 19.6. The first-order valence-electron chi connectivity index (χ1n) is 8.68. The van der Waals surface area contributed by atoms with Gasteiger partial charge in [-0.15, -0.1) is 0 Å². The molecular formula is C18H22BrN3O4S. The van der Waals surface area contributed by atoms with Crippen LogP contribution in [0.2, 0.25) is 0 Å². The highest BCUT2D eigenvalue weighted by Crippen LogP contribution is 2.24. The molecule has 1 aromatic heterocycles. The molecule has 2 heterocycles. The van der Waals surface area contributed by atoms with Crippen molar-refractivity contribution in [3.63, 3.8) is 0 Å². The maximum absolute atomic E-state index is 12.7. The van der Waals surface area contributed by atoms with E-state index < -0.39 is 10.0 Å². The molecule has 0 spiro atoms. The van der Waals surface area contributed by atoms with Gasteiger partial charge in [-0.3, -0.25) is 4.79 Å². The molecule has 1 saturated heterocycles. The average Bonchev–Trinajstić information content (AvgIpc) is 2.99. The van der Waals surface area contributed by atoms with Gasteiger partial charge in [-0.1, -0.05) is 28.1 Å². The fourth-order valence-electron chi connectivity index (χ4n) is 3.01. The maximum atomic E-state index is 12.7. The second kappa shape index (κ2) is 8.12. The number of rotatable bonds is 5. The molecule has 7 nitrogen and oxygen atoms in total. The third-order valence-corrected chi connectivity index (χ3v) is 7.01. The summed E-state index contributed by atoms with van der Waals surface area (Å²) in [6.45, 7) is 2.54. The van der Waals surface area contributed by atoms with E-state index >= 15 is 0 Å². The predicted octanol–water partition coefficient (Wildman–Crippen LogP) is 2.64. The molecule has 1 aromatic carbocycles. The molecule has 0 unspecified atom stereocenters. The number of aryl methyl sites for hydroxylation is 2. The Hall–Kier alpha value is -1.71. The lowest BCUT2D eigenvalue weighted by Crippen LogP contribution is -2.40. The predicted molar refractivity (Wildman–Crippen MR) is 103 cm³/mol. The zero-order valence-electron chi connectivity index (χ0n) is 15.3. The van der Waals surface area contributed by atoms with Gasteiger partial charge in [0.1, 0.15) is 12.4 Å². The van der Waals surface area contributed by atoms with E-state index in [0.29, 0.717) is 18.7 Å². The Morgan fingerprint density at radius 2 is 2.04 bits per heavy atom. The number of esters is 1. The number of ether oxygens (including phenoxy) is 1. The van der Waals surface area contributed by atoms with Crippen molar-refractivity contribution >= 4 is 31.9 Å². The number of hydrogen-bond donors (Lipinski definition) is 0. The number of carbonyl (C=O) groups is 1. The molecule has 1 fully saturated rings. The molecule has 0 bridgehead atoms. The molecule has 1 aliphatic heterocycles. The summed E-state index contributed by atoms with van der Waals surface area (Å²) >= 11 is 3.39. The van der Waals surface area contributed by atoms with E-state index in [1.807, 2.05) is 24.3 Å². The van der Waals surface area contributed by atoms with Gasteiger partial charge >= 0.3 is 5.97 Å². The van der Waals surface area contributed by atoms with Crippen molar-refractivity contribution in [1.29, 1.82) is 0 Å². The standard InChI is InChI=1S/C18H22BrN3O4S/c1-13-20-17(11-21(13)2)27(24,25)22-8-6-15(7-9-22)18(23)26-12-14-4-3-5-16(19)10-14/h3-5,10-11,15H,6-9,12H2,1-2H3. The van der Waals surface area contributed by atoms with E-state index in [1.165, 1.54) is 10.5 Å². The number of sulfonamides is 1. The van der Waals surface area contributed by atoms with E-state index in [2.05, 4.69) is 20.9 Å². The average molecular weight is 456 g/mol. The largest absolute Gasteiger partial charge is 0.461 e. The van der Waals surface area contributed by atoms with Gasteiger partial charge in [0.15, 0.2) is 5.03 Å². The normalized spacial score (nSPS) is 16.4. The molecule has 9 heteroatoms. The topological polar surface area (TPSA) is 81.5 Å². The summed E-state index contributed by atoms with van der Waals surface area (Å²) < 4.78 is 34.8. The van der Waals surface area contributed by atoms with Crippen molar-refractivity contribution < 1.29 is 17.9 Å². The SMILES string of the molecule is Cc1nc(S(=O)(=O)N2CCC(C(=O)OCc3cccc(Br)c3)CC2)cn1C. The molecule has 146 valence electrons. The van der Waals surface area contributed by atoms with Gasteiger partial charge in [0.25, 0.3) is 10.0 Å². The molecule has 2 aromatic rings. The Kier molecular flexibility index (Phi) is 6.02. The molecular weight excluding hydrogens is 434 g/mol. The number of piperidine rings is 1. The quantitative estimate of drug-likeness (QED) is 0.647. The van der Waals surface area contributed by atoms with Crippen LogP contribution in [0.1, 0.15) is 24.2 Å². The van der Waals surface area contributed by atoms with Gasteiger partial charge in [0.2, 0.25) is 0 Å². The third kappa shape index (κ3) is 4.59. The monoisotopic (exact) mass is 455 g/mol. The van der Waals surface area contributed by atoms with Crippen LogP contribution in [0.4, 0.5) is 0 Å². The molecule has 0 atom stereocenters. The van der Waals surface area contributed by atoms with Gasteiger partial charge in [-0.05, 0) is 37.5 Å².